The average molecular weight is 533 g/mol. The van der Waals surface area contributed by atoms with Gasteiger partial charge in [0.2, 0.25) is 0 Å². The molecule has 0 atom stereocenters. The maximum absolute atomic E-state index is 12.7. The summed E-state index contributed by atoms with van der Waals surface area (Å²) in [5.41, 5.74) is 1.63. The lowest BCUT2D eigenvalue weighted by Crippen LogP contribution is -2.03. The lowest BCUT2D eigenvalue weighted by molar-refractivity contribution is -0.136. The standard InChI is InChI=1S/C30H28O9/c1-18(17-39-29(36)14-5-19-4-11-26(34)28(15-19)38-2)3-9-22-25(33)13-10-23(30(22)37)24(32)12-7-20-6-8-21(31)16-27(20)35/h3-8,10-16,31,33-35,37H,9,17H2,1-2H3/b12-7+,14-5+,18-3-. The molecule has 0 amide bonds. The van der Waals surface area contributed by atoms with Crippen molar-refractivity contribution >= 4 is 23.9 Å². The highest BCUT2D eigenvalue weighted by Crippen LogP contribution is 2.32. The molecule has 0 bridgehead atoms. The lowest BCUT2D eigenvalue weighted by Gasteiger charge is -2.10. The molecule has 0 aromatic heterocycles. The highest BCUT2D eigenvalue weighted by Gasteiger charge is 2.16. The number of ketones is 1. The van der Waals surface area contributed by atoms with Crippen LogP contribution in [-0.2, 0) is 16.0 Å². The van der Waals surface area contributed by atoms with Gasteiger partial charge in [0.15, 0.2) is 17.3 Å². The molecule has 3 aromatic carbocycles. The van der Waals surface area contributed by atoms with E-state index in [1.165, 1.54) is 55.7 Å². The predicted octanol–water partition coefficient (Wildman–Crippen LogP) is 4.86. The predicted molar refractivity (Wildman–Crippen MR) is 145 cm³/mol. The maximum atomic E-state index is 12.7. The van der Waals surface area contributed by atoms with Crippen molar-refractivity contribution in [2.24, 2.45) is 0 Å². The Hall–Kier alpha value is -5.18. The van der Waals surface area contributed by atoms with Crippen LogP contribution in [0, 0.1) is 0 Å². The van der Waals surface area contributed by atoms with E-state index in [2.05, 4.69) is 0 Å². The second kappa shape index (κ2) is 12.9. The van der Waals surface area contributed by atoms with Gasteiger partial charge in [-0.3, -0.25) is 4.79 Å². The van der Waals surface area contributed by atoms with E-state index in [-0.39, 0.29) is 52.9 Å². The molecule has 0 spiro atoms. The molecule has 0 aliphatic heterocycles. The fourth-order valence-corrected chi connectivity index (χ4v) is 3.48. The summed E-state index contributed by atoms with van der Waals surface area (Å²) in [7, 11) is 1.42. The Labute approximate surface area is 224 Å². The van der Waals surface area contributed by atoms with Gasteiger partial charge in [-0.15, -0.1) is 0 Å². The Bertz CT molecular complexity index is 1470. The molecule has 0 heterocycles. The van der Waals surface area contributed by atoms with Gasteiger partial charge < -0.3 is 35.0 Å². The summed E-state index contributed by atoms with van der Waals surface area (Å²) in [5, 5.41) is 49.8. The number of benzene rings is 3. The van der Waals surface area contributed by atoms with Gasteiger partial charge in [-0.25, -0.2) is 4.79 Å². The van der Waals surface area contributed by atoms with Crippen molar-refractivity contribution in [2.75, 3.05) is 13.7 Å². The first-order valence-corrected chi connectivity index (χ1v) is 11.7. The van der Waals surface area contributed by atoms with Crippen LogP contribution >= 0.6 is 0 Å². The number of carbonyl (C=O) groups excluding carboxylic acids is 2. The third kappa shape index (κ3) is 7.65. The van der Waals surface area contributed by atoms with Crippen LogP contribution in [-0.4, -0.2) is 51.0 Å². The number of aromatic hydroxyl groups is 5. The monoisotopic (exact) mass is 532 g/mol. The summed E-state index contributed by atoms with van der Waals surface area (Å²) in [6, 6.07) is 11.1. The number of esters is 1. The smallest absolute Gasteiger partial charge is 0.331 e. The number of phenolic OH excluding ortho intramolecular Hbond substituents is 5. The Morgan fingerprint density at radius 3 is 2.31 bits per heavy atom. The van der Waals surface area contributed by atoms with Crippen molar-refractivity contribution in [1.29, 1.82) is 0 Å². The first-order chi connectivity index (χ1) is 18.6. The van der Waals surface area contributed by atoms with Crippen LogP contribution in [0.3, 0.4) is 0 Å². The zero-order valence-corrected chi connectivity index (χ0v) is 21.3. The minimum Gasteiger partial charge on any atom is -0.508 e. The van der Waals surface area contributed by atoms with Gasteiger partial charge in [-0.2, -0.15) is 0 Å². The quantitative estimate of drug-likeness (QED) is 0.107. The second-order valence-corrected chi connectivity index (χ2v) is 8.53. The fraction of sp³-hybridized carbons (Fsp3) is 0.133. The lowest BCUT2D eigenvalue weighted by atomic mass is 10.00. The van der Waals surface area contributed by atoms with Crippen LogP contribution in [0.1, 0.15) is 34.0 Å². The number of rotatable bonds is 10. The van der Waals surface area contributed by atoms with Crippen molar-refractivity contribution in [3.8, 4) is 34.5 Å². The minimum absolute atomic E-state index is 0.0178. The normalized spacial score (nSPS) is 11.7. The number of ether oxygens (including phenoxy) is 2. The molecular weight excluding hydrogens is 504 g/mol. The molecule has 0 unspecified atom stereocenters. The van der Waals surface area contributed by atoms with Crippen molar-refractivity contribution in [1.82, 2.24) is 0 Å². The second-order valence-electron chi connectivity index (χ2n) is 8.53. The van der Waals surface area contributed by atoms with E-state index in [0.29, 0.717) is 16.7 Å². The van der Waals surface area contributed by atoms with Gasteiger partial charge >= 0.3 is 5.97 Å². The van der Waals surface area contributed by atoms with Crippen molar-refractivity contribution in [3.05, 3.63) is 94.6 Å². The Balaban J connectivity index is 1.63. The van der Waals surface area contributed by atoms with E-state index in [4.69, 9.17) is 9.47 Å². The fourth-order valence-electron chi connectivity index (χ4n) is 3.48. The number of hydrogen-bond donors (Lipinski definition) is 5. The molecule has 9 heteroatoms. The van der Waals surface area contributed by atoms with Gasteiger partial charge in [0.25, 0.3) is 0 Å². The largest absolute Gasteiger partial charge is 0.508 e. The van der Waals surface area contributed by atoms with E-state index >= 15 is 0 Å². The van der Waals surface area contributed by atoms with Crippen LogP contribution in [0.4, 0.5) is 0 Å². The number of carbonyl (C=O) groups is 2. The first-order valence-electron chi connectivity index (χ1n) is 11.7. The molecule has 0 fully saturated rings. The number of hydrogen-bond acceptors (Lipinski definition) is 9. The van der Waals surface area contributed by atoms with E-state index in [0.717, 1.165) is 12.1 Å². The van der Waals surface area contributed by atoms with E-state index in [9.17, 15) is 35.1 Å². The molecule has 202 valence electrons. The summed E-state index contributed by atoms with van der Waals surface area (Å²) < 4.78 is 10.2. The SMILES string of the molecule is COc1cc(/C=C/C(=O)OC/C(C)=C\Cc2c(O)ccc(C(=O)/C=C/c3ccc(O)cc3O)c2O)ccc1O. The Morgan fingerprint density at radius 1 is 0.846 bits per heavy atom. The molecule has 0 aliphatic carbocycles. The zero-order valence-electron chi connectivity index (χ0n) is 21.3. The molecule has 3 rings (SSSR count). The summed E-state index contributed by atoms with van der Waals surface area (Å²) in [6.45, 7) is 1.67. The highest BCUT2D eigenvalue weighted by atomic mass is 16.5. The van der Waals surface area contributed by atoms with Gasteiger partial charge in [-0.05, 0) is 79.1 Å². The highest BCUT2D eigenvalue weighted by molar-refractivity contribution is 6.09. The summed E-state index contributed by atoms with van der Waals surface area (Å²) in [4.78, 5) is 24.7. The first kappa shape index (κ1) is 28.4. The van der Waals surface area contributed by atoms with Crippen molar-refractivity contribution < 1.29 is 44.6 Å². The van der Waals surface area contributed by atoms with Crippen LogP contribution in [0.25, 0.3) is 12.2 Å². The molecular formula is C30H28O9. The summed E-state index contributed by atoms with van der Waals surface area (Å²) in [5.74, 6) is -1.85. The number of phenols is 5. The zero-order chi connectivity index (χ0) is 28.5. The van der Waals surface area contributed by atoms with Crippen molar-refractivity contribution in [3.63, 3.8) is 0 Å². The maximum Gasteiger partial charge on any atom is 0.331 e. The Kier molecular flexibility index (Phi) is 9.37. The molecule has 0 saturated heterocycles. The number of methoxy groups -OCH3 is 1. The van der Waals surface area contributed by atoms with Crippen LogP contribution in [0.5, 0.6) is 34.5 Å². The topological polar surface area (TPSA) is 154 Å². The van der Waals surface area contributed by atoms with Gasteiger partial charge in [0.05, 0.1) is 12.7 Å². The third-order valence-electron chi connectivity index (χ3n) is 5.66. The van der Waals surface area contributed by atoms with Crippen molar-refractivity contribution in [2.45, 2.75) is 13.3 Å². The molecule has 0 saturated carbocycles. The molecule has 0 radical (unpaired) electrons. The van der Waals surface area contributed by atoms with Gasteiger partial charge in [-0.1, -0.05) is 12.1 Å². The van der Waals surface area contributed by atoms with E-state index in [1.807, 2.05) is 0 Å². The van der Waals surface area contributed by atoms with E-state index in [1.54, 1.807) is 25.1 Å². The van der Waals surface area contributed by atoms with Gasteiger partial charge in [0, 0.05) is 23.3 Å². The molecule has 9 nitrogen and oxygen atoms in total. The van der Waals surface area contributed by atoms with E-state index < -0.39 is 17.5 Å². The summed E-state index contributed by atoms with van der Waals surface area (Å²) in [6.07, 6.45) is 6.96. The van der Waals surface area contributed by atoms with Crippen LogP contribution in [0.2, 0.25) is 0 Å². The molecule has 5 N–H and O–H groups in total. The Morgan fingerprint density at radius 2 is 1.59 bits per heavy atom. The average Bonchev–Trinajstić information content (AvgIpc) is 2.90. The summed E-state index contributed by atoms with van der Waals surface area (Å²) >= 11 is 0. The third-order valence-corrected chi connectivity index (χ3v) is 5.66. The van der Waals surface area contributed by atoms with Gasteiger partial charge in [0.1, 0.15) is 29.6 Å². The molecule has 0 aliphatic rings. The van der Waals surface area contributed by atoms with Crippen LogP contribution < -0.4 is 4.74 Å². The molecule has 3 aromatic rings. The minimum atomic E-state index is -0.598. The van der Waals surface area contributed by atoms with Crippen LogP contribution in [0.15, 0.2) is 72.3 Å². The molecule has 39 heavy (non-hydrogen) atoms. The number of allylic oxidation sites excluding steroid dienone is 2.